The van der Waals surface area contributed by atoms with Gasteiger partial charge < -0.3 is 19.9 Å². The van der Waals surface area contributed by atoms with Gasteiger partial charge in [-0.15, -0.1) is 0 Å². The zero-order valence-corrected chi connectivity index (χ0v) is 16.3. The summed E-state index contributed by atoms with van der Waals surface area (Å²) in [6.07, 6.45) is 7.89. The number of halogens is 1. The molecule has 0 radical (unpaired) electrons. The maximum atomic E-state index is 12.7. The first kappa shape index (κ1) is 20.2. The van der Waals surface area contributed by atoms with E-state index in [0.29, 0.717) is 30.2 Å². The smallest absolute Gasteiger partial charge is 0.286 e. The van der Waals surface area contributed by atoms with E-state index < -0.39 is 6.29 Å². The Morgan fingerprint density at radius 1 is 1.22 bits per heavy atom. The van der Waals surface area contributed by atoms with Gasteiger partial charge in [0.2, 0.25) is 6.29 Å². The number of allylic oxidation sites excluding steroid dienone is 1. The second-order valence-corrected chi connectivity index (χ2v) is 7.66. The lowest BCUT2D eigenvalue weighted by atomic mass is 9.93. The first-order valence-corrected chi connectivity index (χ1v) is 10.2. The van der Waals surface area contributed by atoms with Crippen molar-refractivity contribution < 1.29 is 19.4 Å². The molecule has 1 aromatic carbocycles. The van der Waals surface area contributed by atoms with Crippen LogP contribution < -0.4 is 5.32 Å². The number of carbonyl (C=O) groups excluding carboxylic acids is 1. The third-order valence-corrected chi connectivity index (χ3v) is 5.38. The van der Waals surface area contributed by atoms with Gasteiger partial charge in [-0.25, -0.2) is 0 Å². The van der Waals surface area contributed by atoms with Crippen molar-refractivity contribution >= 4 is 17.5 Å². The highest BCUT2D eigenvalue weighted by Gasteiger charge is 2.30. The van der Waals surface area contributed by atoms with Gasteiger partial charge in [0.1, 0.15) is 0 Å². The minimum atomic E-state index is -0.473. The number of unbranched alkanes of at least 4 members (excludes halogenated alkanes) is 1. The Morgan fingerprint density at radius 3 is 2.67 bits per heavy atom. The zero-order chi connectivity index (χ0) is 19.1. The van der Waals surface area contributed by atoms with E-state index >= 15 is 0 Å². The van der Waals surface area contributed by atoms with Gasteiger partial charge in [0, 0.05) is 30.0 Å². The lowest BCUT2D eigenvalue weighted by Gasteiger charge is -2.30. The molecule has 148 valence electrons. The number of hydrogen-bond donors (Lipinski definition) is 2. The first-order valence-electron chi connectivity index (χ1n) is 9.83. The van der Waals surface area contributed by atoms with Crippen molar-refractivity contribution in [1.29, 1.82) is 0 Å². The van der Waals surface area contributed by atoms with Crippen LogP contribution in [0, 0.1) is 0 Å². The van der Waals surface area contributed by atoms with Gasteiger partial charge in [0.05, 0.1) is 6.61 Å². The minimum absolute atomic E-state index is 0.0307. The quantitative estimate of drug-likeness (QED) is 0.657. The van der Waals surface area contributed by atoms with Gasteiger partial charge in [-0.1, -0.05) is 36.6 Å². The normalized spacial score (nSPS) is 23.0. The van der Waals surface area contributed by atoms with Crippen molar-refractivity contribution in [2.24, 2.45) is 0 Å². The summed E-state index contributed by atoms with van der Waals surface area (Å²) in [4.78, 5) is 12.7. The molecule has 0 unspecified atom stereocenters. The van der Waals surface area contributed by atoms with E-state index in [-0.39, 0.29) is 24.5 Å². The average molecular weight is 394 g/mol. The fourth-order valence-electron chi connectivity index (χ4n) is 3.62. The molecule has 0 spiro atoms. The van der Waals surface area contributed by atoms with E-state index in [1.807, 2.05) is 30.3 Å². The Hall–Kier alpha value is -1.56. The van der Waals surface area contributed by atoms with Crippen molar-refractivity contribution in [3.63, 3.8) is 0 Å². The lowest BCUT2D eigenvalue weighted by Crippen LogP contribution is -2.37. The Labute approximate surface area is 165 Å². The fraction of sp³-hybridized carbons (Fsp3) is 0.571. The number of carbonyl (C=O) groups is 1. The molecule has 0 saturated heterocycles. The maximum absolute atomic E-state index is 12.7. The van der Waals surface area contributed by atoms with E-state index in [0.717, 1.165) is 37.7 Å². The highest BCUT2D eigenvalue weighted by atomic mass is 35.5. The summed E-state index contributed by atoms with van der Waals surface area (Å²) in [7, 11) is 0. The molecule has 1 amide bonds. The van der Waals surface area contributed by atoms with Gasteiger partial charge in [0.15, 0.2) is 5.76 Å². The number of aliphatic hydroxyl groups excluding tert-OH is 1. The third kappa shape index (κ3) is 5.96. The van der Waals surface area contributed by atoms with Crippen molar-refractivity contribution in [2.45, 2.75) is 63.2 Å². The van der Waals surface area contributed by atoms with Crippen molar-refractivity contribution in [3.05, 3.63) is 46.7 Å². The Bertz CT molecular complexity index is 640. The average Bonchev–Trinajstić information content (AvgIpc) is 3.18. The van der Waals surface area contributed by atoms with Crippen molar-refractivity contribution in [3.8, 4) is 0 Å². The van der Waals surface area contributed by atoms with E-state index in [1.54, 1.807) is 0 Å². The van der Waals surface area contributed by atoms with Gasteiger partial charge in [-0.2, -0.15) is 0 Å². The summed E-state index contributed by atoms with van der Waals surface area (Å²) < 4.78 is 11.7. The number of hydrogen-bond acceptors (Lipinski definition) is 4. The van der Waals surface area contributed by atoms with E-state index in [2.05, 4.69) is 5.32 Å². The van der Waals surface area contributed by atoms with E-state index in [1.165, 1.54) is 0 Å². The molecule has 0 bridgehead atoms. The van der Waals surface area contributed by atoms with Crippen molar-refractivity contribution in [2.75, 3.05) is 13.2 Å². The number of benzene rings is 1. The van der Waals surface area contributed by atoms with Gasteiger partial charge >= 0.3 is 0 Å². The molecule has 3 rings (SSSR count). The van der Waals surface area contributed by atoms with Crippen LogP contribution in [-0.4, -0.2) is 36.6 Å². The molecule has 2 atom stereocenters. The summed E-state index contributed by atoms with van der Waals surface area (Å²) >= 11 is 6.00. The van der Waals surface area contributed by atoms with Crippen LogP contribution >= 0.6 is 11.6 Å². The van der Waals surface area contributed by atoms with Crippen LogP contribution in [-0.2, 0) is 14.3 Å². The Kier molecular flexibility index (Phi) is 7.56. The minimum Gasteiger partial charge on any atom is -0.459 e. The Balaban J connectivity index is 1.69. The summed E-state index contributed by atoms with van der Waals surface area (Å²) in [6, 6.07) is 7.90. The topological polar surface area (TPSA) is 67.8 Å². The summed E-state index contributed by atoms with van der Waals surface area (Å²) in [5, 5.41) is 12.7. The van der Waals surface area contributed by atoms with E-state index in [9.17, 15) is 4.79 Å². The molecule has 1 aliphatic heterocycles. The molecule has 1 fully saturated rings. The van der Waals surface area contributed by atoms with Crippen LogP contribution in [0.4, 0.5) is 0 Å². The summed E-state index contributed by atoms with van der Waals surface area (Å²) in [6.45, 7) is 0.646. The number of amides is 1. The van der Waals surface area contributed by atoms with Crippen LogP contribution in [0.15, 0.2) is 36.1 Å². The summed E-state index contributed by atoms with van der Waals surface area (Å²) in [5.74, 6) is 0.202. The monoisotopic (exact) mass is 393 g/mol. The molecule has 6 heteroatoms. The number of aliphatic hydroxyl groups is 1. The molecule has 1 aromatic rings. The second kappa shape index (κ2) is 10.1. The third-order valence-electron chi connectivity index (χ3n) is 5.13. The lowest BCUT2D eigenvalue weighted by molar-refractivity contribution is -0.146. The highest BCUT2D eigenvalue weighted by molar-refractivity contribution is 6.30. The second-order valence-electron chi connectivity index (χ2n) is 7.23. The highest BCUT2D eigenvalue weighted by Crippen LogP contribution is 2.32. The maximum Gasteiger partial charge on any atom is 0.286 e. The van der Waals surface area contributed by atoms with Crippen LogP contribution in [0.2, 0.25) is 5.02 Å². The molecule has 5 nitrogen and oxygen atoms in total. The van der Waals surface area contributed by atoms with Gasteiger partial charge in [0.25, 0.3) is 5.91 Å². The largest absolute Gasteiger partial charge is 0.459 e. The number of rotatable bonds is 8. The van der Waals surface area contributed by atoms with Crippen LogP contribution in [0.3, 0.4) is 0 Å². The standard InChI is InChI=1S/C21H28ClNO4/c22-17-9-7-15(8-10-17)16-13-19(21(25)23-18-5-1-2-6-18)27-20(14-16)26-12-4-3-11-24/h7-10,13,16,18,20,24H,1-6,11-12,14H2,(H,23,25)/t16-,20+/m0/s1. The molecule has 2 aliphatic rings. The van der Waals surface area contributed by atoms with Gasteiger partial charge in [-0.05, 0) is 49.5 Å². The molecular weight excluding hydrogens is 366 g/mol. The molecule has 1 saturated carbocycles. The number of nitrogens with one attached hydrogen (secondary N) is 1. The molecule has 2 N–H and O–H groups in total. The molecule has 0 aromatic heterocycles. The number of ether oxygens (including phenoxy) is 2. The molecule has 1 aliphatic carbocycles. The van der Waals surface area contributed by atoms with Crippen LogP contribution in [0.25, 0.3) is 0 Å². The van der Waals surface area contributed by atoms with Crippen LogP contribution in [0.5, 0.6) is 0 Å². The Morgan fingerprint density at radius 2 is 1.96 bits per heavy atom. The molecule has 27 heavy (non-hydrogen) atoms. The van der Waals surface area contributed by atoms with Crippen LogP contribution in [0.1, 0.15) is 56.4 Å². The molecular formula is C21H28ClNO4. The fourth-order valence-corrected chi connectivity index (χ4v) is 3.74. The predicted octanol–water partition coefficient (Wildman–Crippen LogP) is 3.90. The van der Waals surface area contributed by atoms with Crippen molar-refractivity contribution in [1.82, 2.24) is 5.32 Å². The summed E-state index contributed by atoms with van der Waals surface area (Å²) in [5.41, 5.74) is 1.08. The first-order chi connectivity index (χ1) is 13.2. The van der Waals surface area contributed by atoms with E-state index in [4.69, 9.17) is 26.2 Å². The van der Waals surface area contributed by atoms with Gasteiger partial charge in [-0.3, -0.25) is 4.79 Å². The molecule has 1 heterocycles. The zero-order valence-electron chi connectivity index (χ0n) is 15.5. The SMILES string of the molecule is O=C(NC1CCCC1)C1=C[C@H](c2ccc(Cl)cc2)C[C@H](OCCCCO)O1. The predicted molar refractivity (Wildman–Crippen MR) is 104 cm³/mol.